The van der Waals surface area contributed by atoms with Crippen molar-refractivity contribution in [2.75, 3.05) is 31.2 Å². The van der Waals surface area contributed by atoms with Crippen LogP contribution >= 0.6 is 15.9 Å². The number of anilines is 1. The van der Waals surface area contributed by atoms with Crippen LogP contribution in [0.25, 0.3) is 0 Å². The van der Waals surface area contributed by atoms with E-state index in [9.17, 15) is 0 Å². The van der Waals surface area contributed by atoms with E-state index in [0.29, 0.717) is 0 Å². The third-order valence-corrected chi connectivity index (χ3v) is 3.63. The topological polar surface area (TPSA) is 12.5 Å². The van der Waals surface area contributed by atoms with Gasteiger partial charge < -0.3 is 9.64 Å². The zero-order valence-electron chi connectivity index (χ0n) is 9.71. The second kappa shape index (κ2) is 5.69. The molecular formula is C13H18BrNO. The van der Waals surface area contributed by atoms with Gasteiger partial charge in [-0.3, -0.25) is 0 Å². The van der Waals surface area contributed by atoms with Crippen molar-refractivity contribution >= 4 is 21.6 Å². The van der Waals surface area contributed by atoms with E-state index in [4.69, 9.17) is 4.74 Å². The molecule has 1 saturated heterocycles. The summed E-state index contributed by atoms with van der Waals surface area (Å²) >= 11 is 3.49. The monoisotopic (exact) mass is 283 g/mol. The van der Waals surface area contributed by atoms with E-state index in [1.54, 1.807) is 0 Å². The Morgan fingerprint density at radius 2 is 2.19 bits per heavy atom. The van der Waals surface area contributed by atoms with Crippen LogP contribution in [0.15, 0.2) is 18.2 Å². The fraction of sp³-hybridized carbons (Fsp3) is 0.538. The Labute approximate surface area is 106 Å². The van der Waals surface area contributed by atoms with E-state index in [2.05, 4.69) is 46.0 Å². The van der Waals surface area contributed by atoms with Crippen molar-refractivity contribution in [1.82, 2.24) is 0 Å². The number of hydrogen-bond acceptors (Lipinski definition) is 2. The lowest BCUT2D eigenvalue weighted by Crippen LogP contribution is -2.26. The van der Waals surface area contributed by atoms with E-state index in [1.165, 1.54) is 16.8 Å². The van der Waals surface area contributed by atoms with Crippen LogP contribution in [0.5, 0.6) is 0 Å². The molecule has 0 aliphatic carbocycles. The molecule has 0 radical (unpaired) electrons. The van der Waals surface area contributed by atoms with Crippen LogP contribution in [-0.2, 0) is 10.1 Å². The van der Waals surface area contributed by atoms with Gasteiger partial charge in [-0.15, -0.1) is 0 Å². The lowest BCUT2D eigenvalue weighted by molar-refractivity contribution is 0.152. The molecule has 0 bridgehead atoms. The average molecular weight is 284 g/mol. The summed E-state index contributed by atoms with van der Waals surface area (Å²) in [5.41, 5.74) is 4.06. The number of ether oxygens (including phenoxy) is 1. The van der Waals surface area contributed by atoms with E-state index in [1.807, 2.05) is 0 Å². The first-order chi connectivity index (χ1) is 7.81. The highest BCUT2D eigenvalue weighted by Crippen LogP contribution is 2.23. The van der Waals surface area contributed by atoms with Gasteiger partial charge in [-0.05, 0) is 30.5 Å². The van der Waals surface area contributed by atoms with Gasteiger partial charge in [0.25, 0.3) is 0 Å². The first kappa shape index (κ1) is 11.9. The standard InChI is InChI=1S/C13H18BrNO/c1-11-9-12(10-14)3-4-13(11)15-5-2-7-16-8-6-15/h3-4,9H,2,5-8,10H2,1H3. The summed E-state index contributed by atoms with van der Waals surface area (Å²) in [6, 6.07) is 6.69. The van der Waals surface area contributed by atoms with Gasteiger partial charge in [0.1, 0.15) is 0 Å². The van der Waals surface area contributed by atoms with Gasteiger partial charge in [0.15, 0.2) is 0 Å². The van der Waals surface area contributed by atoms with Crippen LogP contribution in [0.2, 0.25) is 0 Å². The van der Waals surface area contributed by atoms with Gasteiger partial charge in [-0.25, -0.2) is 0 Å². The number of benzene rings is 1. The third-order valence-electron chi connectivity index (χ3n) is 2.98. The number of halogens is 1. The quantitative estimate of drug-likeness (QED) is 0.774. The van der Waals surface area contributed by atoms with Gasteiger partial charge in [-0.1, -0.05) is 28.1 Å². The van der Waals surface area contributed by atoms with Crippen molar-refractivity contribution in [2.45, 2.75) is 18.7 Å². The Hall–Kier alpha value is -0.540. The van der Waals surface area contributed by atoms with Crippen LogP contribution in [-0.4, -0.2) is 26.3 Å². The first-order valence-corrected chi connectivity index (χ1v) is 6.91. The SMILES string of the molecule is Cc1cc(CBr)ccc1N1CCCOCC1. The fourth-order valence-corrected chi connectivity index (χ4v) is 2.49. The Bertz CT molecular complexity index is 346. The highest BCUT2D eigenvalue weighted by atomic mass is 79.9. The second-order valence-electron chi connectivity index (χ2n) is 4.21. The Morgan fingerprint density at radius 1 is 1.31 bits per heavy atom. The summed E-state index contributed by atoms with van der Waals surface area (Å²) in [6.07, 6.45) is 1.12. The summed E-state index contributed by atoms with van der Waals surface area (Å²) in [6.45, 7) is 6.05. The van der Waals surface area contributed by atoms with Gasteiger partial charge in [0, 0.05) is 30.7 Å². The molecule has 1 heterocycles. The predicted molar refractivity (Wildman–Crippen MR) is 71.5 cm³/mol. The average Bonchev–Trinajstić information content (AvgIpc) is 2.57. The molecule has 16 heavy (non-hydrogen) atoms. The van der Waals surface area contributed by atoms with Crippen molar-refractivity contribution in [3.63, 3.8) is 0 Å². The largest absolute Gasteiger partial charge is 0.380 e. The molecule has 1 aliphatic rings. The zero-order valence-corrected chi connectivity index (χ0v) is 11.3. The van der Waals surface area contributed by atoms with E-state index in [-0.39, 0.29) is 0 Å². The fourth-order valence-electron chi connectivity index (χ4n) is 2.14. The minimum Gasteiger partial charge on any atom is -0.380 e. The smallest absolute Gasteiger partial charge is 0.0641 e. The van der Waals surface area contributed by atoms with Crippen molar-refractivity contribution in [2.24, 2.45) is 0 Å². The van der Waals surface area contributed by atoms with E-state index < -0.39 is 0 Å². The Morgan fingerprint density at radius 3 is 2.94 bits per heavy atom. The molecule has 3 heteroatoms. The molecule has 0 amide bonds. The number of nitrogens with zero attached hydrogens (tertiary/aromatic N) is 1. The molecule has 0 unspecified atom stereocenters. The second-order valence-corrected chi connectivity index (χ2v) is 4.77. The van der Waals surface area contributed by atoms with Gasteiger partial charge in [0.2, 0.25) is 0 Å². The van der Waals surface area contributed by atoms with Crippen LogP contribution in [0.1, 0.15) is 17.5 Å². The maximum Gasteiger partial charge on any atom is 0.0641 e. The maximum atomic E-state index is 5.48. The number of aryl methyl sites for hydroxylation is 1. The predicted octanol–water partition coefficient (Wildman–Crippen LogP) is 3.12. The summed E-state index contributed by atoms with van der Waals surface area (Å²) in [5, 5.41) is 0.928. The van der Waals surface area contributed by atoms with E-state index in [0.717, 1.165) is 38.1 Å². The molecule has 0 spiro atoms. The molecule has 2 rings (SSSR count). The number of alkyl halides is 1. The zero-order chi connectivity index (χ0) is 11.4. The molecule has 0 atom stereocenters. The summed E-state index contributed by atoms with van der Waals surface area (Å²) in [5.74, 6) is 0. The van der Waals surface area contributed by atoms with E-state index >= 15 is 0 Å². The molecule has 1 aromatic carbocycles. The molecular weight excluding hydrogens is 266 g/mol. The van der Waals surface area contributed by atoms with Crippen molar-refractivity contribution in [1.29, 1.82) is 0 Å². The molecule has 0 saturated carbocycles. The van der Waals surface area contributed by atoms with Crippen molar-refractivity contribution in [3.05, 3.63) is 29.3 Å². The summed E-state index contributed by atoms with van der Waals surface area (Å²) < 4.78 is 5.48. The Balaban J connectivity index is 2.18. The van der Waals surface area contributed by atoms with Crippen LogP contribution in [0.4, 0.5) is 5.69 Å². The molecule has 1 fully saturated rings. The highest BCUT2D eigenvalue weighted by Gasteiger charge is 2.11. The molecule has 0 N–H and O–H groups in total. The van der Waals surface area contributed by atoms with Crippen LogP contribution in [0.3, 0.4) is 0 Å². The van der Waals surface area contributed by atoms with Crippen molar-refractivity contribution < 1.29 is 4.74 Å². The number of hydrogen-bond donors (Lipinski definition) is 0. The number of rotatable bonds is 2. The van der Waals surface area contributed by atoms with Gasteiger partial charge in [0.05, 0.1) is 6.61 Å². The van der Waals surface area contributed by atoms with Crippen molar-refractivity contribution in [3.8, 4) is 0 Å². The minimum absolute atomic E-state index is 0.847. The molecule has 1 aliphatic heterocycles. The minimum atomic E-state index is 0.847. The highest BCUT2D eigenvalue weighted by molar-refractivity contribution is 9.08. The lowest BCUT2D eigenvalue weighted by atomic mass is 10.1. The normalized spacial score (nSPS) is 17.2. The summed E-state index contributed by atoms with van der Waals surface area (Å²) in [4.78, 5) is 2.43. The van der Waals surface area contributed by atoms with Crippen LogP contribution < -0.4 is 4.90 Å². The molecule has 2 nitrogen and oxygen atoms in total. The third kappa shape index (κ3) is 2.77. The first-order valence-electron chi connectivity index (χ1n) is 5.79. The Kier molecular flexibility index (Phi) is 4.24. The van der Waals surface area contributed by atoms with Gasteiger partial charge in [-0.2, -0.15) is 0 Å². The van der Waals surface area contributed by atoms with Gasteiger partial charge >= 0.3 is 0 Å². The summed E-state index contributed by atoms with van der Waals surface area (Å²) in [7, 11) is 0. The molecule has 0 aromatic heterocycles. The van der Waals surface area contributed by atoms with Crippen LogP contribution in [0, 0.1) is 6.92 Å². The maximum absolute atomic E-state index is 5.48. The lowest BCUT2D eigenvalue weighted by Gasteiger charge is -2.24. The molecule has 88 valence electrons. The molecule has 1 aromatic rings.